The third-order valence-electron chi connectivity index (χ3n) is 4.33. The van der Waals surface area contributed by atoms with Gasteiger partial charge in [0.1, 0.15) is 0 Å². The molecule has 1 aliphatic carbocycles. The molecule has 0 aromatic heterocycles. The van der Waals surface area contributed by atoms with Gasteiger partial charge in [0.05, 0.1) is 6.10 Å². The molecular weight excluding hydrogens is 305 g/mol. The van der Waals surface area contributed by atoms with Gasteiger partial charge in [-0.2, -0.15) is 0 Å². The third kappa shape index (κ3) is 2.69. The molecular formula is C17H17Cl2NO. The first kappa shape index (κ1) is 14.9. The zero-order chi connectivity index (χ0) is 15.0. The van der Waals surface area contributed by atoms with E-state index in [2.05, 4.69) is 12.1 Å². The molecule has 2 aromatic carbocycles. The van der Waals surface area contributed by atoms with Crippen molar-refractivity contribution in [2.75, 3.05) is 6.54 Å². The van der Waals surface area contributed by atoms with Gasteiger partial charge >= 0.3 is 0 Å². The first-order valence-electron chi connectivity index (χ1n) is 7.02. The predicted molar refractivity (Wildman–Crippen MR) is 87.2 cm³/mol. The number of fused-ring (bicyclic) bond motifs is 1. The van der Waals surface area contributed by atoms with Gasteiger partial charge in [-0.05, 0) is 35.2 Å². The van der Waals surface area contributed by atoms with Gasteiger partial charge < -0.3 is 10.8 Å². The fourth-order valence-corrected chi connectivity index (χ4v) is 3.68. The number of aliphatic hydroxyl groups is 1. The summed E-state index contributed by atoms with van der Waals surface area (Å²) < 4.78 is 0. The predicted octanol–water partition coefficient (Wildman–Crippen LogP) is 3.74. The van der Waals surface area contributed by atoms with Gasteiger partial charge in [0, 0.05) is 28.4 Å². The molecule has 3 unspecified atom stereocenters. The van der Waals surface area contributed by atoms with Gasteiger partial charge in [-0.15, -0.1) is 0 Å². The molecule has 0 fully saturated rings. The van der Waals surface area contributed by atoms with Crippen LogP contribution in [0.5, 0.6) is 0 Å². The Kier molecular flexibility index (Phi) is 4.23. The normalized spacial score (nSPS) is 19.5. The van der Waals surface area contributed by atoms with E-state index in [1.807, 2.05) is 18.2 Å². The van der Waals surface area contributed by atoms with Crippen molar-refractivity contribution in [1.82, 2.24) is 0 Å². The zero-order valence-corrected chi connectivity index (χ0v) is 13.0. The summed E-state index contributed by atoms with van der Waals surface area (Å²) >= 11 is 12.2. The largest absolute Gasteiger partial charge is 0.392 e. The number of nitrogens with two attached hydrogens (primary N) is 1. The Morgan fingerprint density at radius 2 is 1.95 bits per heavy atom. The van der Waals surface area contributed by atoms with Crippen LogP contribution in [0.3, 0.4) is 0 Å². The lowest BCUT2D eigenvalue weighted by Gasteiger charge is -2.37. The summed E-state index contributed by atoms with van der Waals surface area (Å²) in [4.78, 5) is 0. The summed E-state index contributed by atoms with van der Waals surface area (Å²) in [6.07, 6.45) is 0.350. The Labute approximate surface area is 134 Å². The van der Waals surface area contributed by atoms with E-state index in [1.165, 1.54) is 11.1 Å². The van der Waals surface area contributed by atoms with Crippen LogP contribution in [-0.4, -0.2) is 17.8 Å². The minimum Gasteiger partial charge on any atom is -0.392 e. The molecule has 0 spiro atoms. The van der Waals surface area contributed by atoms with Gasteiger partial charge in [0.2, 0.25) is 0 Å². The molecule has 0 heterocycles. The zero-order valence-electron chi connectivity index (χ0n) is 11.5. The second-order valence-corrected chi connectivity index (χ2v) is 6.35. The lowest BCUT2D eigenvalue weighted by atomic mass is 9.70. The van der Waals surface area contributed by atoms with E-state index in [1.54, 1.807) is 12.1 Å². The van der Waals surface area contributed by atoms with Crippen molar-refractivity contribution in [1.29, 1.82) is 0 Å². The molecule has 3 atom stereocenters. The van der Waals surface area contributed by atoms with E-state index >= 15 is 0 Å². The van der Waals surface area contributed by atoms with Crippen molar-refractivity contribution in [2.45, 2.75) is 24.4 Å². The maximum atomic E-state index is 10.8. The topological polar surface area (TPSA) is 46.2 Å². The summed E-state index contributed by atoms with van der Waals surface area (Å²) in [7, 11) is 0. The quantitative estimate of drug-likeness (QED) is 0.901. The Morgan fingerprint density at radius 3 is 2.62 bits per heavy atom. The van der Waals surface area contributed by atoms with Gasteiger partial charge in [0.25, 0.3) is 0 Å². The number of halogens is 2. The molecule has 3 N–H and O–H groups in total. The minimum absolute atomic E-state index is 0.126. The third-order valence-corrected chi connectivity index (χ3v) is 4.90. The van der Waals surface area contributed by atoms with Gasteiger partial charge in [-0.3, -0.25) is 0 Å². The SMILES string of the molecule is NCC(c1ccc(Cl)cc1Cl)C(O)C1Cc2ccccc21. The molecule has 1 aliphatic rings. The molecule has 0 saturated carbocycles. The Hall–Kier alpha value is -1.06. The van der Waals surface area contributed by atoms with Gasteiger partial charge in [-0.1, -0.05) is 53.5 Å². The van der Waals surface area contributed by atoms with E-state index in [0.29, 0.717) is 16.6 Å². The number of hydrogen-bond donors (Lipinski definition) is 2. The maximum absolute atomic E-state index is 10.8. The number of hydrogen-bond acceptors (Lipinski definition) is 2. The molecule has 3 rings (SSSR count). The number of benzene rings is 2. The number of rotatable bonds is 4. The summed E-state index contributed by atoms with van der Waals surface area (Å²) in [5.41, 5.74) is 9.28. The fraction of sp³-hybridized carbons (Fsp3) is 0.294. The maximum Gasteiger partial charge on any atom is 0.0693 e. The van der Waals surface area contributed by atoms with Crippen LogP contribution in [-0.2, 0) is 6.42 Å². The van der Waals surface area contributed by atoms with Crippen LogP contribution >= 0.6 is 23.2 Å². The summed E-state index contributed by atoms with van der Waals surface area (Å²) in [5, 5.41) is 11.9. The van der Waals surface area contributed by atoms with Crippen molar-refractivity contribution in [3.05, 3.63) is 69.2 Å². The van der Waals surface area contributed by atoms with Crippen molar-refractivity contribution < 1.29 is 5.11 Å². The summed E-state index contributed by atoms with van der Waals surface area (Å²) in [6, 6.07) is 13.5. The fourth-order valence-electron chi connectivity index (χ4n) is 3.14. The molecule has 4 heteroatoms. The molecule has 0 aliphatic heterocycles. The molecule has 2 nitrogen and oxygen atoms in total. The summed E-state index contributed by atoms with van der Waals surface area (Å²) in [5.74, 6) is -0.0605. The molecule has 110 valence electrons. The Morgan fingerprint density at radius 1 is 1.19 bits per heavy atom. The van der Waals surface area contributed by atoms with Crippen LogP contribution in [0.15, 0.2) is 42.5 Å². The number of aliphatic hydroxyl groups excluding tert-OH is 1. The molecule has 0 saturated heterocycles. The van der Waals surface area contributed by atoms with E-state index < -0.39 is 6.10 Å². The van der Waals surface area contributed by atoms with Crippen molar-refractivity contribution in [2.24, 2.45) is 5.73 Å². The molecule has 2 aromatic rings. The lowest BCUT2D eigenvalue weighted by molar-refractivity contribution is 0.106. The second kappa shape index (κ2) is 5.98. The van der Waals surface area contributed by atoms with Crippen molar-refractivity contribution in [3.63, 3.8) is 0 Å². The second-order valence-electron chi connectivity index (χ2n) is 5.51. The van der Waals surface area contributed by atoms with E-state index in [9.17, 15) is 5.11 Å². The van der Waals surface area contributed by atoms with Gasteiger partial charge in [0.15, 0.2) is 0 Å². The van der Waals surface area contributed by atoms with Gasteiger partial charge in [-0.25, -0.2) is 0 Å². The van der Waals surface area contributed by atoms with Crippen LogP contribution in [0.25, 0.3) is 0 Å². The molecule has 21 heavy (non-hydrogen) atoms. The first-order chi connectivity index (χ1) is 10.1. The highest BCUT2D eigenvalue weighted by molar-refractivity contribution is 6.35. The van der Waals surface area contributed by atoms with Crippen LogP contribution < -0.4 is 5.73 Å². The first-order valence-corrected chi connectivity index (χ1v) is 7.78. The monoisotopic (exact) mass is 321 g/mol. The van der Waals surface area contributed by atoms with Crippen LogP contribution in [0.4, 0.5) is 0 Å². The average molecular weight is 322 g/mol. The van der Waals surface area contributed by atoms with Crippen LogP contribution in [0.1, 0.15) is 28.5 Å². The van der Waals surface area contributed by atoms with E-state index in [0.717, 1.165) is 12.0 Å². The highest BCUT2D eigenvalue weighted by Gasteiger charge is 2.36. The lowest BCUT2D eigenvalue weighted by Crippen LogP contribution is -2.36. The van der Waals surface area contributed by atoms with Crippen molar-refractivity contribution in [3.8, 4) is 0 Å². The molecule has 0 amide bonds. The van der Waals surface area contributed by atoms with E-state index in [4.69, 9.17) is 28.9 Å². The Balaban J connectivity index is 1.87. The minimum atomic E-state index is -0.538. The standard InChI is InChI=1S/C17H17Cl2NO/c18-11-5-6-13(16(19)8-11)15(9-20)17(21)14-7-10-3-1-2-4-12(10)14/h1-6,8,14-15,17,21H,7,9,20H2. The summed E-state index contributed by atoms with van der Waals surface area (Å²) in [6.45, 7) is 0.348. The van der Waals surface area contributed by atoms with Crippen LogP contribution in [0, 0.1) is 0 Å². The highest BCUT2D eigenvalue weighted by atomic mass is 35.5. The van der Waals surface area contributed by atoms with E-state index in [-0.39, 0.29) is 11.8 Å². The highest BCUT2D eigenvalue weighted by Crippen LogP contribution is 2.42. The van der Waals surface area contributed by atoms with Crippen molar-refractivity contribution >= 4 is 23.2 Å². The Bertz CT molecular complexity index is 659. The average Bonchev–Trinajstić information content (AvgIpc) is 2.43. The molecule has 0 radical (unpaired) electrons. The smallest absolute Gasteiger partial charge is 0.0693 e. The molecule has 0 bridgehead atoms. The van der Waals surface area contributed by atoms with Crippen LogP contribution in [0.2, 0.25) is 10.0 Å².